The van der Waals surface area contributed by atoms with Gasteiger partial charge in [0, 0.05) is 12.0 Å². The number of halogens is 3. The highest BCUT2D eigenvalue weighted by Crippen LogP contribution is 2.36. The maximum atomic E-state index is 12.9. The molecule has 1 aliphatic rings. The standard InChI is InChI=1S/C18H17F3N2O3S/c1-23-7-6-12-13(9-23)27-16(14(12)17(25)26-2)22-15(24)10-4-3-5-11(8-10)18(19,20)21/h3-5,8H,6-7,9H2,1-2H3,(H,22,24)/p+1. The number of carbonyl (C=O) groups excluding carboxylic acids is 2. The van der Waals surface area contributed by atoms with Crippen molar-refractivity contribution in [1.82, 2.24) is 0 Å². The molecule has 0 fully saturated rings. The van der Waals surface area contributed by atoms with E-state index in [0.717, 1.165) is 29.1 Å². The molecule has 2 aromatic rings. The molecule has 5 nitrogen and oxygen atoms in total. The zero-order valence-electron chi connectivity index (χ0n) is 14.7. The fraction of sp³-hybridized carbons (Fsp3) is 0.333. The van der Waals surface area contributed by atoms with E-state index in [-0.39, 0.29) is 5.56 Å². The van der Waals surface area contributed by atoms with E-state index >= 15 is 0 Å². The Morgan fingerprint density at radius 2 is 2.04 bits per heavy atom. The zero-order valence-corrected chi connectivity index (χ0v) is 15.5. The molecule has 1 aliphatic heterocycles. The second-order valence-corrected chi connectivity index (χ2v) is 7.47. The summed E-state index contributed by atoms with van der Waals surface area (Å²) in [5.74, 6) is -1.27. The molecule has 27 heavy (non-hydrogen) atoms. The zero-order chi connectivity index (χ0) is 19.8. The van der Waals surface area contributed by atoms with Gasteiger partial charge in [-0.3, -0.25) is 4.79 Å². The molecule has 0 saturated carbocycles. The highest BCUT2D eigenvalue weighted by Gasteiger charge is 2.32. The summed E-state index contributed by atoms with van der Waals surface area (Å²) in [4.78, 5) is 27.0. The van der Waals surface area contributed by atoms with Crippen LogP contribution in [0.5, 0.6) is 0 Å². The van der Waals surface area contributed by atoms with Gasteiger partial charge < -0.3 is 15.0 Å². The molecule has 3 rings (SSSR count). The SMILES string of the molecule is COC(=O)c1c(NC(=O)c2cccc(C(F)(F)F)c2)sc2c1CC[NH+](C)C2. The summed E-state index contributed by atoms with van der Waals surface area (Å²) < 4.78 is 43.5. The van der Waals surface area contributed by atoms with E-state index in [0.29, 0.717) is 23.5 Å². The average Bonchev–Trinajstić information content (AvgIpc) is 2.97. The topological polar surface area (TPSA) is 59.8 Å². The number of esters is 1. The molecular weight excluding hydrogens is 381 g/mol. The molecule has 1 atom stereocenters. The Labute approximate surface area is 157 Å². The Bertz CT molecular complexity index is 892. The lowest BCUT2D eigenvalue weighted by atomic mass is 10.0. The number of carbonyl (C=O) groups is 2. The Hall–Kier alpha value is -2.39. The van der Waals surface area contributed by atoms with Crippen LogP contribution in [-0.2, 0) is 23.9 Å². The first-order valence-corrected chi connectivity index (χ1v) is 9.05. The number of anilines is 1. The highest BCUT2D eigenvalue weighted by atomic mass is 32.1. The van der Waals surface area contributed by atoms with E-state index < -0.39 is 23.6 Å². The largest absolute Gasteiger partial charge is 0.465 e. The van der Waals surface area contributed by atoms with Crippen molar-refractivity contribution >= 4 is 28.2 Å². The smallest absolute Gasteiger partial charge is 0.416 e. The molecule has 0 spiro atoms. The van der Waals surface area contributed by atoms with Crippen LogP contribution in [0.25, 0.3) is 0 Å². The van der Waals surface area contributed by atoms with Crippen LogP contribution < -0.4 is 10.2 Å². The summed E-state index contributed by atoms with van der Waals surface area (Å²) in [6, 6.07) is 4.17. The number of benzene rings is 1. The van der Waals surface area contributed by atoms with E-state index in [9.17, 15) is 22.8 Å². The number of ether oxygens (including phenoxy) is 1. The Kier molecular flexibility index (Phi) is 5.25. The predicted molar refractivity (Wildman–Crippen MR) is 94.2 cm³/mol. The maximum absolute atomic E-state index is 12.9. The fourth-order valence-electron chi connectivity index (χ4n) is 3.04. The van der Waals surface area contributed by atoms with Crippen LogP contribution >= 0.6 is 11.3 Å². The number of nitrogens with one attached hydrogen (secondary N) is 2. The first-order chi connectivity index (χ1) is 12.7. The summed E-state index contributed by atoms with van der Waals surface area (Å²) in [7, 11) is 3.28. The van der Waals surface area contributed by atoms with Crippen molar-refractivity contribution < 1.29 is 32.4 Å². The maximum Gasteiger partial charge on any atom is 0.416 e. The Morgan fingerprint density at radius 1 is 1.30 bits per heavy atom. The summed E-state index contributed by atoms with van der Waals surface area (Å²) in [5, 5.41) is 2.90. The fourth-order valence-corrected chi connectivity index (χ4v) is 4.38. The number of thiophene rings is 1. The van der Waals surface area contributed by atoms with Crippen LogP contribution in [0.3, 0.4) is 0 Å². The number of fused-ring (bicyclic) bond motifs is 1. The molecule has 2 heterocycles. The van der Waals surface area contributed by atoms with Crippen LogP contribution in [0.15, 0.2) is 24.3 Å². The van der Waals surface area contributed by atoms with Gasteiger partial charge in [0.25, 0.3) is 5.91 Å². The minimum Gasteiger partial charge on any atom is -0.465 e. The van der Waals surface area contributed by atoms with Gasteiger partial charge >= 0.3 is 12.1 Å². The number of hydrogen-bond acceptors (Lipinski definition) is 4. The lowest BCUT2D eigenvalue weighted by Gasteiger charge is -2.19. The third-order valence-corrected chi connectivity index (χ3v) is 5.57. The van der Waals surface area contributed by atoms with E-state index in [1.165, 1.54) is 35.5 Å². The second-order valence-electron chi connectivity index (χ2n) is 6.37. The van der Waals surface area contributed by atoms with Crippen molar-refractivity contribution in [1.29, 1.82) is 0 Å². The number of amides is 1. The van der Waals surface area contributed by atoms with Gasteiger partial charge in [0.2, 0.25) is 0 Å². The van der Waals surface area contributed by atoms with Crippen molar-refractivity contribution in [3.8, 4) is 0 Å². The number of likely N-dealkylation sites (N-methyl/N-ethyl adjacent to an activating group) is 1. The van der Waals surface area contributed by atoms with Crippen LogP contribution in [0, 0.1) is 0 Å². The average molecular weight is 399 g/mol. The molecular formula is C18H18F3N2O3S+. The summed E-state index contributed by atoms with van der Waals surface area (Å²) in [5.41, 5.74) is 0.107. The van der Waals surface area contributed by atoms with Crippen LogP contribution in [0.2, 0.25) is 0 Å². The molecule has 1 aromatic carbocycles. The van der Waals surface area contributed by atoms with E-state index in [1.54, 1.807) is 0 Å². The first kappa shape index (κ1) is 19.4. The van der Waals surface area contributed by atoms with Crippen molar-refractivity contribution in [3.63, 3.8) is 0 Å². The highest BCUT2D eigenvalue weighted by molar-refractivity contribution is 7.17. The van der Waals surface area contributed by atoms with Gasteiger partial charge in [0.05, 0.1) is 36.7 Å². The molecule has 0 radical (unpaired) electrons. The van der Waals surface area contributed by atoms with Crippen molar-refractivity contribution in [2.24, 2.45) is 0 Å². The molecule has 9 heteroatoms. The monoisotopic (exact) mass is 399 g/mol. The van der Waals surface area contributed by atoms with Gasteiger partial charge in [0.1, 0.15) is 11.5 Å². The molecule has 0 saturated heterocycles. The quantitative estimate of drug-likeness (QED) is 0.780. The summed E-state index contributed by atoms with van der Waals surface area (Å²) in [6.45, 7) is 1.55. The number of hydrogen-bond donors (Lipinski definition) is 2. The second kappa shape index (κ2) is 7.32. The molecule has 1 unspecified atom stereocenters. The first-order valence-electron chi connectivity index (χ1n) is 8.23. The number of methoxy groups -OCH3 is 1. The molecule has 0 aliphatic carbocycles. The molecule has 2 N–H and O–H groups in total. The van der Waals surface area contributed by atoms with Crippen molar-refractivity contribution in [3.05, 3.63) is 51.4 Å². The minimum absolute atomic E-state index is 0.130. The Morgan fingerprint density at radius 3 is 2.70 bits per heavy atom. The number of alkyl halides is 3. The molecule has 0 bridgehead atoms. The van der Waals surface area contributed by atoms with E-state index in [4.69, 9.17) is 4.74 Å². The number of quaternary nitrogens is 1. The third-order valence-electron chi connectivity index (χ3n) is 4.42. The predicted octanol–water partition coefficient (Wildman–Crippen LogP) is 2.38. The number of rotatable bonds is 3. The van der Waals surface area contributed by atoms with Gasteiger partial charge in [0.15, 0.2) is 0 Å². The summed E-state index contributed by atoms with van der Waals surface area (Å²) in [6.07, 6.45) is -3.87. The lowest BCUT2D eigenvalue weighted by Crippen LogP contribution is -3.08. The van der Waals surface area contributed by atoms with Crippen molar-refractivity contribution in [2.45, 2.75) is 19.1 Å². The minimum atomic E-state index is -4.54. The normalized spacial score (nSPS) is 16.6. The van der Waals surface area contributed by atoms with Gasteiger partial charge in [-0.2, -0.15) is 13.2 Å². The van der Waals surface area contributed by atoms with E-state index in [1.807, 2.05) is 7.05 Å². The Balaban J connectivity index is 1.94. The van der Waals surface area contributed by atoms with Gasteiger partial charge in [-0.25, -0.2) is 4.79 Å². The summed E-state index contributed by atoms with van der Waals surface area (Å²) >= 11 is 1.27. The van der Waals surface area contributed by atoms with Crippen LogP contribution in [0.4, 0.5) is 18.2 Å². The van der Waals surface area contributed by atoms with Gasteiger partial charge in [-0.1, -0.05) is 6.07 Å². The molecule has 144 valence electrons. The molecule has 1 aromatic heterocycles. The van der Waals surface area contributed by atoms with Gasteiger partial charge in [-0.15, -0.1) is 11.3 Å². The van der Waals surface area contributed by atoms with Crippen molar-refractivity contribution in [2.75, 3.05) is 26.0 Å². The van der Waals surface area contributed by atoms with E-state index in [2.05, 4.69) is 5.32 Å². The lowest BCUT2D eigenvalue weighted by molar-refractivity contribution is -0.895. The molecule has 1 amide bonds. The van der Waals surface area contributed by atoms with Gasteiger partial charge in [-0.05, 0) is 23.8 Å². The van der Waals surface area contributed by atoms with Crippen LogP contribution in [-0.4, -0.2) is 32.6 Å². The third kappa shape index (κ3) is 3.98. The van der Waals surface area contributed by atoms with Crippen LogP contribution in [0.1, 0.15) is 36.7 Å².